The monoisotopic (exact) mass is 515 g/mol. The van der Waals surface area contributed by atoms with Gasteiger partial charge in [0.2, 0.25) is 0 Å². The highest BCUT2D eigenvalue weighted by Crippen LogP contribution is 2.89. The van der Waals surface area contributed by atoms with Gasteiger partial charge in [-0.1, -0.05) is 63.1 Å². The summed E-state index contributed by atoms with van der Waals surface area (Å²) in [5.74, 6) is 2.59. The first kappa shape index (κ1) is 25.4. The van der Waals surface area contributed by atoms with E-state index in [9.17, 15) is 10.2 Å². The quantitative estimate of drug-likeness (QED) is 0.350. The van der Waals surface area contributed by atoms with Crippen LogP contribution in [0.2, 0.25) is 0 Å². The molecule has 0 aromatic carbocycles. The fourth-order valence-corrected chi connectivity index (χ4v) is 12.6. The summed E-state index contributed by atoms with van der Waals surface area (Å²) in [6.07, 6.45) is 24.0. The minimum Gasteiger partial charge on any atom is -0.396 e. The molecular weight excluding hydrogens is 466 g/mol. The smallest absolute Gasteiger partial charge is 0.0464 e. The van der Waals surface area contributed by atoms with Crippen molar-refractivity contribution < 1.29 is 10.2 Å². The summed E-state index contributed by atoms with van der Waals surface area (Å²) in [6, 6.07) is 2.15. The lowest BCUT2D eigenvalue weighted by atomic mass is 9.37. The van der Waals surface area contributed by atoms with Crippen molar-refractivity contribution in [2.75, 3.05) is 13.2 Å². The van der Waals surface area contributed by atoms with Gasteiger partial charge < -0.3 is 15.2 Å². The first-order valence-electron chi connectivity index (χ1n) is 15.6. The van der Waals surface area contributed by atoms with Gasteiger partial charge in [-0.3, -0.25) is 0 Å². The number of fused-ring (bicyclic) bond motifs is 2. The number of H-pyrrole nitrogens is 1. The summed E-state index contributed by atoms with van der Waals surface area (Å²) in [5, 5.41) is 21.1. The number of aliphatic hydroxyl groups is 2. The second kappa shape index (κ2) is 8.23. The molecule has 1 heterocycles. The third-order valence-corrected chi connectivity index (χ3v) is 13.7. The first-order valence-corrected chi connectivity index (χ1v) is 15.6. The molecule has 6 aliphatic rings. The summed E-state index contributed by atoms with van der Waals surface area (Å²) in [6.45, 7) is 13.0. The Hall–Kier alpha value is -1.58. The predicted octanol–water partition coefficient (Wildman–Crippen LogP) is 7.25. The molecule has 3 N–H and O–H groups in total. The van der Waals surface area contributed by atoms with Crippen LogP contribution in [-0.4, -0.2) is 28.4 Å². The average molecular weight is 516 g/mol. The van der Waals surface area contributed by atoms with Gasteiger partial charge in [-0.15, -0.1) is 0 Å². The van der Waals surface area contributed by atoms with Crippen molar-refractivity contribution in [1.82, 2.24) is 4.98 Å². The molecule has 9 atom stereocenters. The maximum atomic E-state index is 10.8. The number of hydrogen-bond donors (Lipinski definition) is 3. The molecule has 9 unspecified atom stereocenters. The summed E-state index contributed by atoms with van der Waals surface area (Å²) >= 11 is 0. The Morgan fingerprint density at radius 2 is 2.00 bits per heavy atom. The van der Waals surface area contributed by atoms with Crippen molar-refractivity contribution >= 4 is 0 Å². The number of rotatable bonds is 6. The highest BCUT2D eigenvalue weighted by molar-refractivity contribution is 5.56. The van der Waals surface area contributed by atoms with E-state index < -0.39 is 0 Å². The van der Waals surface area contributed by atoms with Gasteiger partial charge in [0.05, 0.1) is 0 Å². The third-order valence-electron chi connectivity index (χ3n) is 13.7. The van der Waals surface area contributed by atoms with Gasteiger partial charge in [-0.05, 0) is 115 Å². The molecule has 4 saturated carbocycles. The third kappa shape index (κ3) is 2.94. The summed E-state index contributed by atoms with van der Waals surface area (Å²) in [7, 11) is 0. The van der Waals surface area contributed by atoms with E-state index in [0.717, 1.165) is 12.8 Å². The van der Waals surface area contributed by atoms with Gasteiger partial charge >= 0.3 is 0 Å². The molecular formula is C35H49NO2. The van der Waals surface area contributed by atoms with Crippen LogP contribution >= 0.6 is 0 Å². The molecule has 38 heavy (non-hydrogen) atoms. The molecule has 3 heteroatoms. The molecule has 1 aromatic heterocycles. The molecule has 0 bridgehead atoms. The maximum absolute atomic E-state index is 10.8. The summed E-state index contributed by atoms with van der Waals surface area (Å²) in [5.41, 5.74) is 5.44. The van der Waals surface area contributed by atoms with E-state index in [2.05, 4.69) is 56.2 Å². The Bertz CT molecular complexity index is 1180. The van der Waals surface area contributed by atoms with E-state index in [0.29, 0.717) is 36.2 Å². The van der Waals surface area contributed by atoms with E-state index >= 15 is 0 Å². The van der Waals surface area contributed by atoms with Crippen LogP contribution in [0, 0.1) is 56.7 Å². The van der Waals surface area contributed by atoms with Crippen LogP contribution in [0.25, 0.3) is 0 Å². The molecule has 7 rings (SSSR count). The van der Waals surface area contributed by atoms with Gasteiger partial charge in [0.1, 0.15) is 0 Å². The second-order valence-corrected chi connectivity index (χ2v) is 15.3. The van der Waals surface area contributed by atoms with Crippen LogP contribution < -0.4 is 0 Å². The van der Waals surface area contributed by atoms with E-state index in [4.69, 9.17) is 6.58 Å². The molecule has 4 fully saturated rings. The van der Waals surface area contributed by atoms with Crippen LogP contribution in [-0.2, 0) is 6.42 Å². The zero-order valence-corrected chi connectivity index (χ0v) is 23.9. The number of aromatic nitrogens is 1. The van der Waals surface area contributed by atoms with Gasteiger partial charge in [0, 0.05) is 36.4 Å². The van der Waals surface area contributed by atoms with Crippen LogP contribution in [0.1, 0.15) is 84.1 Å². The zero-order valence-electron chi connectivity index (χ0n) is 23.9. The van der Waals surface area contributed by atoms with E-state index in [-0.39, 0.29) is 33.7 Å². The van der Waals surface area contributed by atoms with Crippen molar-refractivity contribution in [2.24, 2.45) is 56.7 Å². The van der Waals surface area contributed by atoms with E-state index in [1.165, 1.54) is 62.5 Å². The number of aromatic amines is 1. The normalized spacial score (nSPS) is 46.8. The van der Waals surface area contributed by atoms with Crippen LogP contribution in [0.15, 0.2) is 54.4 Å². The van der Waals surface area contributed by atoms with Crippen molar-refractivity contribution in [1.29, 1.82) is 0 Å². The van der Waals surface area contributed by atoms with E-state index in [1.807, 2.05) is 6.20 Å². The zero-order chi connectivity index (χ0) is 26.6. The van der Waals surface area contributed by atoms with Gasteiger partial charge in [-0.25, -0.2) is 0 Å². The lowest BCUT2D eigenvalue weighted by molar-refractivity contribution is -0.110. The Morgan fingerprint density at radius 3 is 2.74 bits per heavy atom. The lowest BCUT2D eigenvalue weighted by Gasteiger charge is -2.67. The van der Waals surface area contributed by atoms with Crippen molar-refractivity contribution in [2.45, 2.75) is 85.0 Å². The molecule has 3 nitrogen and oxygen atoms in total. The highest BCUT2D eigenvalue weighted by atomic mass is 16.3. The molecule has 1 aromatic rings. The standard InChI is InChI=1S/C35H49NO2/c1-23-15-29-32(4)28(8-6-12-35(32)30(23)31(35,2)3)34(11-5-7-27(34)21-38)22-33(29)13-9-24(18-33)16-26(20-37)17-25-10-14-36-19-25/h6,10,12,14-15,19,24,26-28,30,36-38H,1,5,7-9,11,13,16-18,20-22H2,2-4H3. The highest BCUT2D eigenvalue weighted by Gasteiger charge is 2.84. The van der Waals surface area contributed by atoms with Crippen molar-refractivity contribution in [3.63, 3.8) is 0 Å². The molecule has 0 amide bonds. The van der Waals surface area contributed by atoms with Gasteiger partial charge in [0.25, 0.3) is 0 Å². The SMILES string of the molecule is C=C1C=C2C3(CCC(CC(CO)Cc4cc[nH]c4)C3)CC3(CCCC3CO)C3CC=CC4(C1C4(C)C)C23C. The molecule has 0 aliphatic heterocycles. The Kier molecular flexibility index (Phi) is 5.50. The van der Waals surface area contributed by atoms with Gasteiger partial charge in [-0.2, -0.15) is 0 Å². The topological polar surface area (TPSA) is 56.2 Å². The second-order valence-electron chi connectivity index (χ2n) is 15.3. The fourth-order valence-electron chi connectivity index (χ4n) is 12.6. The minimum atomic E-state index is 0.142. The summed E-state index contributed by atoms with van der Waals surface area (Å²) in [4.78, 5) is 3.19. The number of hydrogen-bond acceptors (Lipinski definition) is 2. The van der Waals surface area contributed by atoms with Crippen molar-refractivity contribution in [3.8, 4) is 0 Å². The molecule has 206 valence electrons. The fraction of sp³-hybridized carbons (Fsp3) is 0.714. The summed E-state index contributed by atoms with van der Waals surface area (Å²) < 4.78 is 0. The number of aliphatic hydroxyl groups excluding tert-OH is 2. The molecule has 0 saturated heterocycles. The Labute approximate surface area is 229 Å². The largest absolute Gasteiger partial charge is 0.396 e. The Morgan fingerprint density at radius 1 is 1.16 bits per heavy atom. The number of allylic oxidation sites excluding steroid dienone is 5. The minimum absolute atomic E-state index is 0.142. The molecule has 0 radical (unpaired) electrons. The van der Waals surface area contributed by atoms with Crippen LogP contribution in [0.5, 0.6) is 0 Å². The molecule has 3 spiro atoms. The number of nitrogens with one attached hydrogen (secondary N) is 1. The average Bonchev–Trinajstić information content (AvgIpc) is 3.44. The van der Waals surface area contributed by atoms with E-state index in [1.54, 1.807) is 5.57 Å². The lowest BCUT2D eigenvalue weighted by Crippen LogP contribution is -2.60. The predicted molar refractivity (Wildman–Crippen MR) is 153 cm³/mol. The maximum Gasteiger partial charge on any atom is 0.0464 e. The van der Waals surface area contributed by atoms with Crippen LogP contribution in [0.3, 0.4) is 0 Å². The Balaban J connectivity index is 1.29. The van der Waals surface area contributed by atoms with Crippen molar-refractivity contribution in [3.05, 3.63) is 60.0 Å². The van der Waals surface area contributed by atoms with Crippen LogP contribution in [0.4, 0.5) is 0 Å². The van der Waals surface area contributed by atoms with Gasteiger partial charge in [0.15, 0.2) is 0 Å². The first-order chi connectivity index (χ1) is 18.2. The molecule has 6 aliphatic carbocycles.